The van der Waals surface area contributed by atoms with Crippen LogP contribution in [0.2, 0.25) is 0 Å². The zero-order valence-corrected chi connectivity index (χ0v) is 11.3. The van der Waals surface area contributed by atoms with Crippen LogP contribution in [0.25, 0.3) is 21.5 Å². The Balaban J connectivity index is 2.64. The second-order valence-corrected chi connectivity index (χ2v) is 4.51. The molecule has 3 aromatic rings. The van der Waals surface area contributed by atoms with Gasteiger partial charge in [0.05, 0.1) is 19.6 Å². The van der Waals surface area contributed by atoms with Crippen LogP contribution in [-0.2, 0) is 0 Å². The fourth-order valence-electron chi connectivity index (χ4n) is 2.49. The van der Waals surface area contributed by atoms with Crippen LogP contribution in [0.1, 0.15) is 0 Å². The van der Waals surface area contributed by atoms with E-state index in [2.05, 4.69) is 0 Å². The van der Waals surface area contributed by atoms with Gasteiger partial charge in [0.25, 0.3) is 0 Å². The maximum Gasteiger partial charge on any atom is 0.198 e. The molecule has 0 spiro atoms. The number of rotatable bonds is 2. The Labute approximate surface area is 116 Å². The van der Waals surface area contributed by atoms with E-state index in [1.54, 1.807) is 20.3 Å². The molecule has 20 heavy (non-hydrogen) atoms. The van der Waals surface area contributed by atoms with E-state index in [9.17, 15) is 4.79 Å². The molecule has 3 nitrogen and oxygen atoms in total. The summed E-state index contributed by atoms with van der Waals surface area (Å²) in [5.41, 5.74) is -0.0450. The lowest BCUT2D eigenvalue weighted by Crippen LogP contribution is -2.01. The molecule has 0 aliphatic carbocycles. The Hall–Kier alpha value is -2.55. The quantitative estimate of drug-likeness (QED) is 0.713. The standard InChI is InChI=1S/C17H14O3/c1-19-14-9-10-15(20-2)16-13(14)8-7-11-5-3-4-6-12(11)17(16)18/h3-10H,1-2H3. The highest BCUT2D eigenvalue weighted by molar-refractivity contribution is 5.99. The van der Waals surface area contributed by atoms with E-state index in [0.717, 1.165) is 10.8 Å². The maximum absolute atomic E-state index is 12.8. The summed E-state index contributed by atoms with van der Waals surface area (Å²) in [5.74, 6) is 1.23. The summed E-state index contributed by atoms with van der Waals surface area (Å²) in [6.07, 6.45) is 0. The minimum Gasteiger partial charge on any atom is -0.496 e. The zero-order chi connectivity index (χ0) is 14.1. The highest BCUT2D eigenvalue weighted by Crippen LogP contribution is 2.31. The Kier molecular flexibility index (Phi) is 3.03. The summed E-state index contributed by atoms with van der Waals surface area (Å²) < 4.78 is 10.7. The largest absolute Gasteiger partial charge is 0.496 e. The van der Waals surface area contributed by atoms with E-state index in [0.29, 0.717) is 22.3 Å². The van der Waals surface area contributed by atoms with Gasteiger partial charge < -0.3 is 9.47 Å². The van der Waals surface area contributed by atoms with Crippen LogP contribution in [0.3, 0.4) is 0 Å². The van der Waals surface area contributed by atoms with E-state index < -0.39 is 0 Å². The van der Waals surface area contributed by atoms with Crippen molar-refractivity contribution in [3.05, 3.63) is 58.8 Å². The van der Waals surface area contributed by atoms with Gasteiger partial charge in [0.1, 0.15) is 11.5 Å². The molecule has 3 aromatic carbocycles. The molecular formula is C17H14O3. The highest BCUT2D eigenvalue weighted by atomic mass is 16.5. The average molecular weight is 266 g/mol. The third kappa shape index (κ3) is 1.79. The van der Waals surface area contributed by atoms with Gasteiger partial charge in [-0.2, -0.15) is 0 Å². The summed E-state index contributed by atoms with van der Waals surface area (Å²) in [5, 5.41) is 2.88. The van der Waals surface area contributed by atoms with Crippen LogP contribution in [0.15, 0.2) is 53.3 Å². The van der Waals surface area contributed by atoms with Crippen molar-refractivity contribution >= 4 is 21.5 Å². The van der Waals surface area contributed by atoms with Gasteiger partial charge in [-0.15, -0.1) is 0 Å². The van der Waals surface area contributed by atoms with E-state index >= 15 is 0 Å². The topological polar surface area (TPSA) is 35.5 Å². The molecule has 0 radical (unpaired) electrons. The first kappa shape index (κ1) is 12.5. The van der Waals surface area contributed by atoms with E-state index in [4.69, 9.17) is 9.47 Å². The first-order valence-electron chi connectivity index (χ1n) is 6.33. The molecule has 0 bridgehead atoms. The molecule has 0 saturated heterocycles. The van der Waals surface area contributed by atoms with Gasteiger partial charge in [0.2, 0.25) is 0 Å². The Morgan fingerprint density at radius 1 is 0.750 bits per heavy atom. The highest BCUT2D eigenvalue weighted by Gasteiger charge is 2.11. The lowest BCUT2D eigenvalue weighted by atomic mass is 10.1. The van der Waals surface area contributed by atoms with Gasteiger partial charge >= 0.3 is 0 Å². The molecule has 0 unspecified atom stereocenters. The molecule has 0 N–H and O–H groups in total. The predicted octanol–water partition coefficient (Wildman–Crippen LogP) is 3.37. The monoisotopic (exact) mass is 266 g/mol. The first-order chi connectivity index (χ1) is 9.76. The molecular weight excluding hydrogens is 252 g/mol. The van der Waals surface area contributed by atoms with E-state index in [-0.39, 0.29) is 5.43 Å². The molecule has 3 heteroatoms. The van der Waals surface area contributed by atoms with Crippen molar-refractivity contribution in [2.24, 2.45) is 0 Å². The Morgan fingerprint density at radius 2 is 1.45 bits per heavy atom. The van der Waals surface area contributed by atoms with Gasteiger partial charge in [0.15, 0.2) is 5.43 Å². The molecule has 0 aliphatic rings. The summed E-state index contributed by atoms with van der Waals surface area (Å²) in [6.45, 7) is 0. The first-order valence-corrected chi connectivity index (χ1v) is 6.33. The molecule has 0 saturated carbocycles. The summed E-state index contributed by atoms with van der Waals surface area (Å²) in [6, 6.07) is 14.9. The fraction of sp³-hybridized carbons (Fsp3) is 0.118. The summed E-state index contributed by atoms with van der Waals surface area (Å²) in [7, 11) is 3.16. The van der Waals surface area contributed by atoms with Crippen LogP contribution in [0.4, 0.5) is 0 Å². The van der Waals surface area contributed by atoms with Gasteiger partial charge in [-0.05, 0) is 23.6 Å². The number of fused-ring (bicyclic) bond motifs is 2. The molecule has 100 valence electrons. The third-order valence-electron chi connectivity index (χ3n) is 3.47. The lowest BCUT2D eigenvalue weighted by molar-refractivity contribution is 0.410. The van der Waals surface area contributed by atoms with Crippen LogP contribution < -0.4 is 14.9 Å². The molecule has 0 fully saturated rings. The lowest BCUT2D eigenvalue weighted by Gasteiger charge is -2.06. The minimum absolute atomic E-state index is 0.0450. The van der Waals surface area contributed by atoms with Crippen LogP contribution in [0, 0.1) is 0 Å². The molecule has 0 heterocycles. The fourth-order valence-corrected chi connectivity index (χ4v) is 2.49. The Bertz CT molecular complexity index is 853. The van der Waals surface area contributed by atoms with Crippen molar-refractivity contribution in [3.8, 4) is 11.5 Å². The van der Waals surface area contributed by atoms with Crippen molar-refractivity contribution in [2.75, 3.05) is 14.2 Å². The summed E-state index contributed by atoms with van der Waals surface area (Å²) in [4.78, 5) is 12.8. The minimum atomic E-state index is -0.0450. The van der Waals surface area contributed by atoms with Crippen molar-refractivity contribution in [1.82, 2.24) is 0 Å². The molecule has 3 rings (SSSR count). The molecule has 0 aliphatic heterocycles. The van der Waals surface area contributed by atoms with Crippen molar-refractivity contribution in [2.45, 2.75) is 0 Å². The average Bonchev–Trinajstić information content (AvgIpc) is 2.65. The molecule has 0 atom stereocenters. The van der Waals surface area contributed by atoms with Crippen LogP contribution >= 0.6 is 0 Å². The van der Waals surface area contributed by atoms with Gasteiger partial charge in [-0.25, -0.2) is 0 Å². The van der Waals surface area contributed by atoms with Crippen molar-refractivity contribution in [1.29, 1.82) is 0 Å². The number of methoxy groups -OCH3 is 2. The molecule has 0 aromatic heterocycles. The van der Waals surface area contributed by atoms with Gasteiger partial charge in [0, 0.05) is 10.8 Å². The normalized spacial score (nSPS) is 10.7. The number of benzene rings is 2. The van der Waals surface area contributed by atoms with Crippen LogP contribution in [-0.4, -0.2) is 14.2 Å². The number of ether oxygens (including phenoxy) is 2. The second kappa shape index (κ2) is 4.85. The Morgan fingerprint density at radius 3 is 2.20 bits per heavy atom. The van der Waals surface area contributed by atoms with E-state index in [1.165, 1.54) is 0 Å². The van der Waals surface area contributed by atoms with Crippen molar-refractivity contribution in [3.63, 3.8) is 0 Å². The zero-order valence-electron chi connectivity index (χ0n) is 11.3. The smallest absolute Gasteiger partial charge is 0.198 e. The van der Waals surface area contributed by atoms with Gasteiger partial charge in [-0.3, -0.25) is 4.79 Å². The number of hydrogen-bond acceptors (Lipinski definition) is 3. The van der Waals surface area contributed by atoms with Gasteiger partial charge in [-0.1, -0.05) is 30.3 Å². The molecule has 0 amide bonds. The van der Waals surface area contributed by atoms with Crippen molar-refractivity contribution < 1.29 is 9.47 Å². The van der Waals surface area contributed by atoms with Crippen LogP contribution in [0.5, 0.6) is 11.5 Å². The third-order valence-corrected chi connectivity index (χ3v) is 3.47. The summed E-state index contributed by atoms with van der Waals surface area (Å²) >= 11 is 0. The SMILES string of the molecule is COc1ccc(OC)c2c(=O)c3ccccc3ccc12. The number of hydrogen-bond donors (Lipinski definition) is 0. The predicted molar refractivity (Wildman–Crippen MR) is 80.8 cm³/mol. The maximum atomic E-state index is 12.8. The second-order valence-electron chi connectivity index (χ2n) is 4.51. The van der Waals surface area contributed by atoms with E-state index in [1.807, 2.05) is 42.5 Å².